The lowest BCUT2D eigenvalue weighted by Gasteiger charge is -2.38. The van der Waals surface area contributed by atoms with Gasteiger partial charge < -0.3 is 15.0 Å². The Labute approximate surface area is 138 Å². The first-order valence-corrected chi connectivity index (χ1v) is 8.45. The molecule has 1 fully saturated rings. The van der Waals surface area contributed by atoms with Crippen LogP contribution in [0.1, 0.15) is 31.7 Å². The number of piperidine rings is 1. The summed E-state index contributed by atoms with van der Waals surface area (Å²) in [5, 5.41) is 2.94. The lowest BCUT2D eigenvalue weighted by Crippen LogP contribution is -2.42. The van der Waals surface area contributed by atoms with Gasteiger partial charge in [0.1, 0.15) is 6.10 Å². The summed E-state index contributed by atoms with van der Waals surface area (Å²) in [7, 11) is 0. The number of halogens is 1. The van der Waals surface area contributed by atoms with Crippen molar-refractivity contribution in [1.29, 1.82) is 0 Å². The lowest BCUT2D eigenvalue weighted by atomic mass is 10.0. The van der Waals surface area contributed by atoms with Crippen LogP contribution in [0.15, 0.2) is 18.2 Å². The average Bonchev–Trinajstić information content (AvgIpc) is 2.46. The smallest absolute Gasteiger partial charge is 0.302 e. The molecular formula is C16H19BrN2O3. The Bertz CT molecular complexity index is 605. The molecule has 0 aliphatic carbocycles. The summed E-state index contributed by atoms with van der Waals surface area (Å²) in [5.74, 6) is -0.150. The normalized spacial score (nSPS) is 24.5. The van der Waals surface area contributed by atoms with E-state index in [0.29, 0.717) is 6.42 Å². The van der Waals surface area contributed by atoms with Crippen molar-refractivity contribution in [1.82, 2.24) is 0 Å². The highest BCUT2D eigenvalue weighted by Crippen LogP contribution is 2.33. The van der Waals surface area contributed by atoms with E-state index < -0.39 is 0 Å². The molecule has 0 aromatic heterocycles. The number of carbonyl (C=O) groups excluding carboxylic acids is 2. The molecular weight excluding hydrogens is 348 g/mol. The van der Waals surface area contributed by atoms with Crippen molar-refractivity contribution >= 4 is 39.2 Å². The molecule has 22 heavy (non-hydrogen) atoms. The van der Waals surface area contributed by atoms with Gasteiger partial charge in [-0.25, -0.2) is 0 Å². The third kappa shape index (κ3) is 3.27. The van der Waals surface area contributed by atoms with Crippen molar-refractivity contribution < 1.29 is 14.3 Å². The van der Waals surface area contributed by atoms with E-state index >= 15 is 0 Å². The first kappa shape index (κ1) is 15.3. The first-order valence-electron chi connectivity index (χ1n) is 7.53. The van der Waals surface area contributed by atoms with Gasteiger partial charge in [-0.05, 0) is 24.1 Å². The highest BCUT2D eigenvalue weighted by molar-refractivity contribution is 9.09. The minimum absolute atomic E-state index is 0.0320. The van der Waals surface area contributed by atoms with Crippen LogP contribution in [0.5, 0.6) is 0 Å². The molecule has 6 heteroatoms. The SMILES string of the molecule is CC(=O)OC1CCN(c2ccc3c(c2)NC(=O)CC3)C(Br)C1. The highest BCUT2D eigenvalue weighted by Gasteiger charge is 2.29. The van der Waals surface area contributed by atoms with E-state index in [1.807, 2.05) is 6.07 Å². The molecule has 1 aromatic carbocycles. The van der Waals surface area contributed by atoms with Crippen LogP contribution in [0, 0.1) is 0 Å². The second kappa shape index (κ2) is 6.28. The Hall–Kier alpha value is -1.56. The fraction of sp³-hybridized carbons (Fsp3) is 0.500. The maximum Gasteiger partial charge on any atom is 0.302 e. The number of aryl methyl sites for hydroxylation is 1. The highest BCUT2D eigenvalue weighted by atomic mass is 79.9. The van der Waals surface area contributed by atoms with E-state index in [1.165, 1.54) is 12.5 Å². The summed E-state index contributed by atoms with van der Waals surface area (Å²) in [5.41, 5.74) is 3.17. The number of hydrogen-bond donors (Lipinski definition) is 1. The second-order valence-electron chi connectivity index (χ2n) is 5.77. The van der Waals surface area contributed by atoms with Crippen LogP contribution in [0.4, 0.5) is 11.4 Å². The van der Waals surface area contributed by atoms with Crippen LogP contribution in [-0.4, -0.2) is 29.5 Å². The molecule has 0 saturated carbocycles. The van der Waals surface area contributed by atoms with Gasteiger partial charge in [-0.1, -0.05) is 22.0 Å². The van der Waals surface area contributed by atoms with Crippen LogP contribution in [0.25, 0.3) is 0 Å². The zero-order valence-electron chi connectivity index (χ0n) is 12.5. The maximum atomic E-state index is 11.5. The zero-order valence-corrected chi connectivity index (χ0v) is 14.1. The van der Waals surface area contributed by atoms with E-state index in [0.717, 1.165) is 37.2 Å². The number of benzene rings is 1. The molecule has 2 aliphatic rings. The number of amides is 1. The third-order valence-electron chi connectivity index (χ3n) is 4.14. The topological polar surface area (TPSA) is 58.6 Å². The summed E-state index contributed by atoms with van der Waals surface area (Å²) in [4.78, 5) is 25.0. The molecule has 2 aliphatic heterocycles. The van der Waals surface area contributed by atoms with E-state index in [9.17, 15) is 9.59 Å². The van der Waals surface area contributed by atoms with Gasteiger partial charge in [0.05, 0.1) is 4.95 Å². The minimum Gasteiger partial charge on any atom is -0.462 e. The van der Waals surface area contributed by atoms with Gasteiger partial charge in [-0.2, -0.15) is 0 Å². The van der Waals surface area contributed by atoms with Gasteiger partial charge in [0.25, 0.3) is 0 Å². The predicted octanol–water partition coefficient (Wildman–Crippen LogP) is 2.82. The molecule has 118 valence electrons. The summed E-state index contributed by atoms with van der Waals surface area (Å²) in [6.45, 7) is 2.25. The standard InChI is InChI=1S/C16H19BrN2O3/c1-10(20)22-13-6-7-19(15(17)9-13)12-4-2-11-3-5-16(21)18-14(11)8-12/h2,4,8,13,15H,3,5-7,9H2,1H3,(H,18,21). The van der Waals surface area contributed by atoms with Crippen molar-refractivity contribution in [3.05, 3.63) is 23.8 Å². The molecule has 1 amide bonds. The Morgan fingerprint density at radius 3 is 2.95 bits per heavy atom. The molecule has 3 rings (SSSR count). The Morgan fingerprint density at radius 2 is 2.23 bits per heavy atom. The number of esters is 1. The maximum absolute atomic E-state index is 11.5. The fourth-order valence-corrected chi connectivity index (χ4v) is 3.91. The minimum atomic E-state index is -0.227. The largest absolute Gasteiger partial charge is 0.462 e. The number of hydrogen-bond acceptors (Lipinski definition) is 4. The number of nitrogens with one attached hydrogen (secondary N) is 1. The summed E-state index contributed by atoms with van der Waals surface area (Å²) in [6.07, 6.45) is 2.89. The molecule has 5 nitrogen and oxygen atoms in total. The third-order valence-corrected chi connectivity index (χ3v) is 5.01. The average molecular weight is 367 g/mol. The van der Waals surface area contributed by atoms with E-state index in [-0.39, 0.29) is 22.9 Å². The Balaban J connectivity index is 1.73. The zero-order chi connectivity index (χ0) is 15.7. The monoisotopic (exact) mass is 366 g/mol. The number of carbonyl (C=O) groups is 2. The molecule has 1 saturated heterocycles. The van der Waals surface area contributed by atoms with Crippen LogP contribution in [-0.2, 0) is 20.7 Å². The van der Waals surface area contributed by atoms with Crippen LogP contribution in [0.3, 0.4) is 0 Å². The second-order valence-corrected chi connectivity index (χ2v) is 6.83. The fourth-order valence-electron chi connectivity index (χ4n) is 3.06. The summed E-state index contributed by atoms with van der Waals surface area (Å²) < 4.78 is 5.30. The van der Waals surface area contributed by atoms with E-state index in [2.05, 4.69) is 38.3 Å². The van der Waals surface area contributed by atoms with Crippen molar-refractivity contribution in [3.8, 4) is 0 Å². The van der Waals surface area contributed by atoms with Crippen LogP contribution < -0.4 is 10.2 Å². The molecule has 2 heterocycles. The number of fused-ring (bicyclic) bond motifs is 1. The van der Waals surface area contributed by atoms with Gasteiger partial charge in [0.15, 0.2) is 0 Å². The molecule has 0 radical (unpaired) electrons. The van der Waals surface area contributed by atoms with E-state index in [1.54, 1.807) is 0 Å². The predicted molar refractivity (Wildman–Crippen MR) is 88.2 cm³/mol. The van der Waals surface area contributed by atoms with Crippen molar-refractivity contribution in [2.24, 2.45) is 0 Å². The molecule has 1 N–H and O–H groups in total. The van der Waals surface area contributed by atoms with Gasteiger partial charge in [-0.15, -0.1) is 0 Å². The Kier molecular flexibility index (Phi) is 4.38. The number of rotatable bonds is 2. The number of ether oxygens (including phenoxy) is 1. The van der Waals surface area contributed by atoms with Gasteiger partial charge in [0, 0.05) is 44.1 Å². The van der Waals surface area contributed by atoms with Crippen LogP contribution in [0.2, 0.25) is 0 Å². The number of nitrogens with zero attached hydrogens (tertiary/aromatic N) is 1. The molecule has 1 aromatic rings. The first-order chi connectivity index (χ1) is 10.5. The summed E-state index contributed by atoms with van der Waals surface area (Å²) in [6, 6.07) is 6.21. The molecule has 0 bridgehead atoms. The van der Waals surface area contributed by atoms with Gasteiger partial charge in [0.2, 0.25) is 5.91 Å². The van der Waals surface area contributed by atoms with E-state index in [4.69, 9.17) is 4.74 Å². The molecule has 0 spiro atoms. The van der Waals surface area contributed by atoms with Crippen molar-refractivity contribution in [3.63, 3.8) is 0 Å². The lowest BCUT2D eigenvalue weighted by molar-refractivity contribution is -0.147. The summed E-state index contributed by atoms with van der Waals surface area (Å²) >= 11 is 3.68. The van der Waals surface area contributed by atoms with Gasteiger partial charge in [-0.3, -0.25) is 9.59 Å². The number of anilines is 2. The van der Waals surface area contributed by atoms with Crippen molar-refractivity contribution in [2.75, 3.05) is 16.8 Å². The number of alkyl halides is 1. The molecule has 2 atom stereocenters. The van der Waals surface area contributed by atoms with Crippen molar-refractivity contribution in [2.45, 2.75) is 43.7 Å². The molecule has 2 unspecified atom stereocenters. The Morgan fingerprint density at radius 1 is 1.41 bits per heavy atom. The van der Waals surface area contributed by atoms with Crippen LogP contribution >= 0.6 is 15.9 Å². The van der Waals surface area contributed by atoms with Gasteiger partial charge >= 0.3 is 5.97 Å². The quantitative estimate of drug-likeness (QED) is 0.496.